The van der Waals surface area contributed by atoms with Crippen LogP contribution in [-0.4, -0.2) is 36.4 Å². The van der Waals surface area contributed by atoms with Crippen molar-refractivity contribution in [2.45, 2.75) is 200 Å². The highest BCUT2D eigenvalue weighted by atomic mass is 16.6. The molecule has 0 amide bonds. The quantitative estimate of drug-likeness (QED) is 0.0440. The molecule has 0 saturated heterocycles. The van der Waals surface area contributed by atoms with Crippen LogP contribution in [-0.2, 0) is 19.1 Å². The van der Waals surface area contributed by atoms with Gasteiger partial charge in [0.25, 0.3) is 0 Å². The molecule has 258 valence electrons. The molecule has 0 aromatic heterocycles. The topological polar surface area (TPSA) is 72.8 Å². The molecule has 0 aliphatic heterocycles. The van der Waals surface area contributed by atoms with Gasteiger partial charge >= 0.3 is 11.9 Å². The number of hydrogen-bond acceptors (Lipinski definition) is 5. The van der Waals surface area contributed by atoms with Gasteiger partial charge in [0, 0.05) is 12.8 Å². The number of ether oxygens (including phenoxy) is 2. The number of allylic oxidation sites excluding steroid dienone is 4. The summed E-state index contributed by atoms with van der Waals surface area (Å²) >= 11 is 0. The number of hydrogen-bond donors (Lipinski definition) is 1. The van der Waals surface area contributed by atoms with Crippen LogP contribution in [0.5, 0.6) is 0 Å². The minimum Gasteiger partial charge on any atom is -0.463 e. The Morgan fingerprint density at radius 1 is 0.455 bits per heavy atom. The summed E-state index contributed by atoms with van der Waals surface area (Å²) < 4.78 is 10.3. The molecule has 5 heteroatoms. The van der Waals surface area contributed by atoms with Crippen molar-refractivity contribution in [3.8, 4) is 0 Å². The van der Waals surface area contributed by atoms with Gasteiger partial charge in [-0.15, -0.1) is 0 Å². The van der Waals surface area contributed by atoms with E-state index >= 15 is 0 Å². The maximum atomic E-state index is 11.9. The van der Waals surface area contributed by atoms with E-state index in [0.717, 1.165) is 51.4 Å². The second kappa shape index (κ2) is 35.9. The predicted molar refractivity (Wildman–Crippen MR) is 187 cm³/mol. The largest absolute Gasteiger partial charge is 0.463 e. The molecule has 0 rings (SSSR count). The van der Waals surface area contributed by atoms with Crippen molar-refractivity contribution in [3.05, 3.63) is 24.3 Å². The van der Waals surface area contributed by atoms with E-state index in [1.165, 1.54) is 116 Å². The molecular formula is C39H72O5. The Kier molecular flexibility index (Phi) is 34.5. The lowest BCUT2D eigenvalue weighted by Crippen LogP contribution is -2.25. The molecule has 0 saturated carbocycles. The Labute approximate surface area is 273 Å². The van der Waals surface area contributed by atoms with E-state index in [4.69, 9.17) is 9.47 Å². The Bertz CT molecular complexity index is 615. The normalized spacial score (nSPS) is 11.7. The molecule has 0 fully saturated rings. The Hall–Kier alpha value is -1.62. The maximum absolute atomic E-state index is 11.9. The summed E-state index contributed by atoms with van der Waals surface area (Å²) in [4.78, 5) is 23.9. The van der Waals surface area contributed by atoms with Crippen LogP contribution in [0.2, 0.25) is 0 Å². The lowest BCUT2D eigenvalue weighted by molar-refractivity contribution is -0.152. The van der Waals surface area contributed by atoms with E-state index in [1.54, 1.807) is 0 Å². The van der Waals surface area contributed by atoms with E-state index in [2.05, 4.69) is 38.2 Å². The molecule has 0 unspecified atom stereocenters. The first kappa shape index (κ1) is 42.4. The zero-order chi connectivity index (χ0) is 32.2. The van der Waals surface area contributed by atoms with Crippen molar-refractivity contribution >= 4 is 11.9 Å². The highest BCUT2D eigenvalue weighted by Crippen LogP contribution is 2.12. The molecule has 44 heavy (non-hydrogen) atoms. The molecule has 5 nitrogen and oxygen atoms in total. The summed E-state index contributed by atoms with van der Waals surface area (Å²) in [5.41, 5.74) is 0. The Morgan fingerprint density at radius 2 is 0.727 bits per heavy atom. The second-order valence-electron chi connectivity index (χ2n) is 12.7. The van der Waals surface area contributed by atoms with E-state index in [-0.39, 0.29) is 25.2 Å². The standard InChI is InChI=1S/C39H72O5/c1-3-5-7-9-11-13-15-17-19-21-23-25-27-29-31-33-38(41)43-35-37(40)36-44-39(42)34-32-30-28-26-24-22-20-18-16-14-12-10-8-6-4-2/h17-20,37,40H,3-16,21-36H2,1-2H3/b19-17-,20-18-. The minimum absolute atomic E-state index is 0.120. The van der Waals surface area contributed by atoms with Crippen LogP contribution in [0.25, 0.3) is 0 Å². The van der Waals surface area contributed by atoms with Crippen molar-refractivity contribution in [3.63, 3.8) is 0 Å². The third-order valence-corrected chi connectivity index (χ3v) is 8.16. The molecule has 0 aromatic carbocycles. The number of aliphatic hydroxyl groups excluding tert-OH is 1. The van der Waals surface area contributed by atoms with E-state index in [0.29, 0.717) is 12.8 Å². The van der Waals surface area contributed by atoms with Crippen LogP contribution in [0.4, 0.5) is 0 Å². The monoisotopic (exact) mass is 621 g/mol. The van der Waals surface area contributed by atoms with Gasteiger partial charge in [-0.2, -0.15) is 0 Å². The number of esters is 2. The van der Waals surface area contributed by atoms with Crippen LogP contribution in [0, 0.1) is 0 Å². The molecule has 0 aromatic rings. The fraction of sp³-hybridized carbons (Fsp3) is 0.846. The highest BCUT2D eigenvalue weighted by molar-refractivity contribution is 5.69. The number of aliphatic hydroxyl groups is 1. The molecule has 0 atom stereocenters. The lowest BCUT2D eigenvalue weighted by Gasteiger charge is -2.12. The van der Waals surface area contributed by atoms with Gasteiger partial charge in [-0.05, 0) is 64.2 Å². The Morgan fingerprint density at radius 3 is 1.05 bits per heavy atom. The van der Waals surface area contributed by atoms with Gasteiger partial charge in [0.05, 0.1) is 0 Å². The van der Waals surface area contributed by atoms with Crippen LogP contribution in [0.3, 0.4) is 0 Å². The molecule has 0 bridgehead atoms. The summed E-state index contributed by atoms with van der Waals surface area (Å²) in [6.45, 7) is 4.28. The van der Waals surface area contributed by atoms with Gasteiger partial charge in [0.15, 0.2) is 0 Å². The lowest BCUT2D eigenvalue weighted by atomic mass is 10.1. The van der Waals surface area contributed by atoms with E-state index < -0.39 is 6.10 Å². The zero-order valence-electron chi connectivity index (χ0n) is 29.2. The predicted octanol–water partition coefficient (Wildman–Crippen LogP) is 11.5. The molecular weight excluding hydrogens is 548 g/mol. The first-order valence-corrected chi connectivity index (χ1v) is 18.9. The van der Waals surface area contributed by atoms with Crippen molar-refractivity contribution in [1.82, 2.24) is 0 Å². The number of unbranched alkanes of at least 4 members (excludes halogenated alkanes) is 22. The first-order valence-electron chi connectivity index (χ1n) is 18.9. The van der Waals surface area contributed by atoms with Gasteiger partial charge in [0.1, 0.15) is 19.3 Å². The van der Waals surface area contributed by atoms with Gasteiger partial charge in [-0.25, -0.2) is 0 Å². The number of carbonyl (C=O) groups excluding carboxylic acids is 2. The molecule has 0 spiro atoms. The van der Waals surface area contributed by atoms with E-state index in [9.17, 15) is 14.7 Å². The van der Waals surface area contributed by atoms with Crippen molar-refractivity contribution in [2.75, 3.05) is 13.2 Å². The van der Waals surface area contributed by atoms with Gasteiger partial charge in [0.2, 0.25) is 0 Å². The summed E-state index contributed by atoms with van der Waals surface area (Å²) in [7, 11) is 0. The molecule has 1 N–H and O–H groups in total. The molecule has 0 radical (unpaired) electrons. The smallest absolute Gasteiger partial charge is 0.305 e. The van der Waals surface area contributed by atoms with Gasteiger partial charge in [-0.1, -0.05) is 141 Å². The van der Waals surface area contributed by atoms with Crippen LogP contribution in [0.1, 0.15) is 194 Å². The average molecular weight is 621 g/mol. The average Bonchev–Trinajstić information content (AvgIpc) is 3.02. The number of rotatable bonds is 34. The number of carbonyl (C=O) groups is 2. The fourth-order valence-corrected chi connectivity index (χ4v) is 5.25. The minimum atomic E-state index is -0.967. The first-order chi connectivity index (χ1) is 21.6. The third kappa shape index (κ3) is 34.9. The summed E-state index contributed by atoms with van der Waals surface area (Å²) in [5, 5.41) is 9.99. The van der Waals surface area contributed by atoms with Crippen LogP contribution in [0.15, 0.2) is 24.3 Å². The highest BCUT2D eigenvalue weighted by Gasteiger charge is 2.12. The zero-order valence-corrected chi connectivity index (χ0v) is 29.2. The second-order valence-corrected chi connectivity index (χ2v) is 12.7. The summed E-state index contributed by atoms with van der Waals surface area (Å²) in [5.74, 6) is -0.581. The van der Waals surface area contributed by atoms with Gasteiger partial charge in [-0.3, -0.25) is 9.59 Å². The third-order valence-electron chi connectivity index (χ3n) is 8.16. The summed E-state index contributed by atoms with van der Waals surface area (Å²) in [6.07, 6.45) is 40.8. The maximum Gasteiger partial charge on any atom is 0.305 e. The fourth-order valence-electron chi connectivity index (χ4n) is 5.25. The van der Waals surface area contributed by atoms with Crippen LogP contribution >= 0.6 is 0 Å². The SMILES string of the molecule is CCCCCCCC/C=C\CCCCCCCC(=O)OCC(O)COC(=O)CCCCCCC/C=C\CCCCCCCC. The Balaban J connectivity index is 3.45. The van der Waals surface area contributed by atoms with Crippen molar-refractivity contribution in [2.24, 2.45) is 0 Å². The van der Waals surface area contributed by atoms with Crippen molar-refractivity contribution < 1.29 is 24.2 Å². The molecule has 0 aliphatic carbocycles. The van der Waals surface area contributed by atoms with Gasteiger partial charge < -0.3 is 14.6 Å². The molecule has 0 aliphatic rings. The van der Waals surface area contributed by atoms with Crippen LogP contribution < -0.4 is 0 Å². The molecule has 0 heterocycles. The van der Waals surface area contributed by atoms with Crippen molar-refractivity contribution in [1.29, 1.82) is 0 Å². The van der Waals surface area contributed by atoms with E-state index in [1.807, 2.05) is 0 Å². The summed E-state index contributed by atoms with van der Waals surface area (Å²) in [6, 6.07) is 0.